The summed E-state index contributed by atoms with van der Waals surface area (Å²) < 4.78 is 48.3. The lowest BCUT2D eigenvalue weighted by molar-refractivity contribution is -0.274. The van der Waals surface area contributed by atoms with Gasteiger partial charge in [-0.25, -0.2) is 9.67 Å². The van der Waals surface area contributed by atoms with Crippen molar-refractivity contribution in [1.29, 1.82) is 0 Å². The molecule has 2 aromatic heterocycles. The van der Waals surface area contributed by atoms with E-state index in [0.717, 1.165) is 11.1 Å². The molecule has 3 heterocycles. The number of anilines is 1. The molecule has 0 radical (unpaired) electrons. The maximum absolute atomic E-state index is 12.5. The van der Waals surface area contributed by atoms with E-state index >= 15 is 0 Å². The van der Waals surface area contributed by atoms with Crippen LogP contribution in [-0.2, 0) is 16.1 Å². The number of fused-ring (bicyclic) bond motifs is 1. The number of pyridine rings is 1. The van der Waals surface area contributed by atoms with Gasteiger partial charge < -0.3 is 19.7 Å². The summed E-state index contributed by atoms with van der Waals surface area (Å²) in [5.41, 5.74) is 2.48. The van der Waals surface area contributed by atoms with Crippen molar-refractivity contribution in [2.45, 2.75) is 12.9 Å². The molecule has 1 amide bonds. The van der Waals surface area contributed by atoms with E-state index in [0.29, 0.717) is 43.3 Å². The van der Waals surface area contributed by atoms with Crippen molar-refractivity contribution in [2.24, 2.45) is 0 Å². The molecule has 1 aliphatic heterocycles. The molecule has 1 saturated heterocycles. The van der Waals surface area contributed by atoms with Gasteiger partial charge in [0.1, 0.15) is 5.75 Å². The zero-order chi connectivity index (χ0) is 22.7. The zero-order valence-corrected chi connectivity index (χ0v) is 16.9. The van der Waals surface area contributed by atoms with Crippen LogP contribution in [0.3, 0.4) is 0 Å². The SMILES string of the molecule is C=CC(=O)NCc1nn(-c2ccc(OC(F)(F)F)cc2)c2nccc(N3CCOCC3)c12. The Kier molecular flexibility index (Phi) is 5.99. The van der Waals surface area contributed by atoms with Crippen LogP contribution in [0.4, 0.5) is 18.9 Å². The fraction of sp³-hybridized carbons (Fsp3) is 0.286. The van der Waals surface area contributed by atoms with Crippen molar-refractivity contribution < 1.29 is 27.4 Å². The number of ether oxygens (including phenoxy) is 2. The van der Waals surface area contributed by atoms with E-state index in [2.05, 4.69) is 31.6 Å². The topological polar surface area (TPSA) is 81.5 Å². The quantitative estimate of drug-likeness (QED) is 0.586. The number of carbonyl (C=O) groups excluding carboxylic acids is 1. The minimum absolute atomic E-state index is 0.132. The number of nitrogens with zero attached hydrogens (tertiary/aromatic N) is 4. The summed E-state index contributed by atoms with van der Waals surface area (Å²) >= 11 is 0. The summed E-state index contributed by atoms with van der Waals surface area (Å²) in [7, 11) is 0. The van der Waals surface area contributed by atoms with E-state index in [1.54, 1.807) is 6.20 Å². The third-order valence-corrected chi connectivity index (χ3v) is 4.90. The van der Waals surface area contributed by atoms with Crippen LogP contribution < -0.4 is 15.0 Å². The summed E-state index contributed by atoms with van der Waals surface area (Å²) in [6.07, 6.45) is -1.96. The van der Waals surface area contributed by atoms with Crippen LogP contribution in [0.1, 0.15) is 5.69 Å². The Labute approximate surface area is 181 Å². The van der Waals surface area contributed by atoms with E-state index in [9.17, 15) is 18.0 Å². The number of hydrogen-bond acceptors (Lipinski definition) is 6. The van der Waals surface area contributed by atoms with Gasteiger partial charge >= 0.3 is 6.36 Å². The van der Waals surface area contributed by atoms with Gasteiger partial charge in [0.25, 0.3) is 0 Å². The van der Waals surface area contributed by atoms with Crippen LogP contribution in [0.25, 0.3) is 16.7 Å². The average molecular weight is 447 g/mol. The lowest BCUT2D eigenvalue weighted by Gasteiger charge is -2.29. The number of morpholine rings is 1. The molecule has 0 aliphatic carbocycles. The van der Waals surface area contributed by atoms with Crippen molar-refractivity contribution in [3.05, 3.63) is 54.9 Å². The Morgan fingerprint density at radius 3 is 2.59 bits per heavy atom. The van der Waals surface area contributed by atoms with E-state index < -0.39 is 6.36 Å². The fourth-order valence-electron chi connectivity index (χ4n) is 3.50. The van der Waals surface area contributed by atoms with Crippen LogP contribution in [0.5, 0.6) is 5.75 Å². The summed E-state index contributed by atoms with van der Waals surface area (Å²) in [5.74, 6) is -0.684. The van der Waals surface area contributed by atoms with E-state index in [1.807, 2.05) is 6.07 Å². The normalized spacial score (nSPS) is 14.4. The molecule has 4 rings (SSSR count). The molecule has 0 saturated carbocycles. The predicted molar refractivity (Wildman–Crippen MR) is 111 cm³/mol. The number of benzene rings is 1. The van der Waals surface area contributed by atoms with E-state index in [-0.39, 0.29) is 18.2 Å². The number of aromatic nitrogens is 3. The third-order valence-electron chi connectivity index (χ3n) is 4.90. The van der Waals surface area contributed by atoms with Gasteiger partial charge in [-0.1, -0.05) is 6.58 Å². The number of rotatable bonds is 6. The second-order valence-electron chi connectivity index (χ2n) is 6.95. The Bertz CT molecular complexity index is 1120. The smallest absolute Gasteiger partial charge is 0.406 e. The highest BCUT2D eigenvalue weighted by atomic mass is 19.4. The molecule has 32 heavy (non-hydrogen) atoms. The molecule has 3 aromatic rings. The van der Waals surface area contributed by atoms with Crippen LogP contribution in [-0.4, -0.2) is 53.3 Å². The minimum atomic E-state index is -4.77. The molecule has 0 unspecified atom stereocenters. The minimum Gasteiger partial charge on any atom is -0.406 e. The van der Waals surface area contributed by atoms with Crippen molar-refractivity contribution in [1.82, 2.24) is 20.1 Å². The van der Waals surface area contributed by atoms with Crippen molar-refractivity contribution in [3.8, 4) is 11.4 Å². The zero-order valence-electron chi connectivity index (χ0n) is 16.9. The van der Waals surface area contributed by atoms with Crippen molar-refractivity contribution in [3.63, 3.8) is 0 Å². The molecule has 11 heteroatoms. The van der Waals surface area contributed by atoms with Crippen LogP contribution >= 0.6 is 0 Å². The molecule has 1 N–H and O–H groups in total. The number of halogens is 3. The molecule has 0 bridgehead atoms. The number of alkyl halides is 3. The van der Waals surface area contributed by atoms with E-state index in [1.165, 1.54) is 35.0 Å². The summed E-state index contributed by atoms with van der Waals surface area (Å²) in [6.45, 7) is 6.12. The van der Waals surface area contributed by atoms with Gasteiger partial charge in [-0.3, -0.25) is 4.79 Å². The Morgan fingerprint density at radius 1 is 1.22 bits per heavy atom. The number of amides is 1. The first-order chi connectivity index (χ1) is 15.4. The van der Waals surface area contributed by atoms with Gasteiger partial charge in [-0.05, 0) is 36.4 Å². The van der Waals surface area contributed by atoms with Gasteiger partial charge in [0, 0.05) is 19.3 Å². The largest absolute Gasteiger partial charge is 0.573 e. The predicted octanol–water partition coefficient (Wildman–Crippen LogP) is 2.96. The van der Waals surface area contributed by atoms with Crippen LogP contribution in [0.2, 0.25) is 0 Å². The summed E-state index contributed by atoms with van der Waals surface area (Å²) in [6, 6.07) is 7.22. The summed E-state index contributed by atoms with van der Waals surface area (Å²) in [4.78, 5) is 18.3. The second kappa shape index (κ2) is 8.87. The number of nitrogens with one attached hydrogen (secondary N) is 1. The fourth-order valence-corrected chi connectivity index (χ4v) is 3.50. The molecule has 1 aromatic carbocycles. The first kappa shape index (κ1) is 21.6. The monoisotopic (exact) mass is 447 g/mol. The van der Waals surface area contributed by atoms with Crippen LogP contribution in [0, 0.1) is 0 Å². The Balaban J connectivity index is 1.77. The molecule has 168 valence electrons. The van der Waals surface area contributed by atoms with Crippen molar-refractivity contribution in [2.75, 3.05) is 31.2 Å². The van der Waals surface area contributed by atoms with Gasteiger partial charge in [0.15, 0.2) is 5.65 Å². The van der Waals surface area contributed by atoms with Gasteiger partial charge in [0.05, 0.1) is 42.2 Å². The highest BCUT2D eigenvalue weighted by molar-refractivity contribution is 5.93. The number of hydrogen-bond donors (Lipinski definition) is 1. The summed E-state index contributed by atoms with van der Waals surface area (Å²) in [5, 5.41) is 8.08. The average Bonchev–Trinajstić information content (AvgIpc) is 3.16. The molecule has 1 aliphatic rings. The first-order valence-corrected chi connectivity index (χ1v) is 9.81. The van der Waals surface area contributed by atoms with Crippen LogP contribution in [0.15, 0.2) is 49.2 Å². The van der Waals surface area contributed by atoms with Gasteiger partial charge in [0.2, 0.25) is 5.91 Å². The highest BCUT2D eigenvalue weighted by Gasteiger charge is 2.31. The Morgan fingerprint density at radius 2 is 1.94 bits per heavy atom. The maximum Gasteiger partial charge on any atom is 0.573 e. The molecule has 1 fully saturated rings. The molecule has 0 spiro atoms. The molecule has 8 nitrogen and oxygen atoms in total. The van der Waals surface area contributed by atoms with E-state index in [4.69, 9.17) is 4.74 Å². The standard InChI is InChI=1S/C21H20F3N5O3/c1-2-18(30)26-13-16-19-17(28-9-11-31-12-10-28)7-8-25-20(19)29(27-16)14-3-5-15(6-4-14)32-21(22,23)24/h2-8H,1,9-13H2,(H,26,30). The number of carbonyl (C=O) groups is 1. The molecular formula is C21H20F3N5O3. The lowest BCUT2D eigenvalue weighted by atomic mass is 10.2. The molecule has 0 atom stereocenters. The first-order valence-electron chi connectivity index (χ1n) is 9.81. The lowest BCUT2D eigenvalue weighted by Crippen LogP contribution is -2.36. The Hall–Kier alpha value is -3.60. The molecular weight excluding hydrogens is 427 g/mol. The highest BCUT2D eigenvalue weighted by Crippen LogP contribution is 2.31. The van der Waals surface area contributed by atoms with Gasteiger partial charge in [-0.2, -0.15) is 5.10 Å². The maximum atomic E-state index is 12.5. The third kappa shape index (κ3) is 4.67. The van der Waals surface area contributed by atoms with Crippen molar-refractivity contribution >= 4 is 22.6 Å². The second-order valence-corrected chi connectivity index (χ2v) is 6.95. The van der Waals surface area contributed by atoms with Gasteiger partial charge in [-0.15, -0.1) is 13.2 Å².